The van der Waals surface area contributed by atoms with Gasteiger partial charge < -0.3 is 14.8 Å². The van der Waals surface area contributed by atoms with Crippen LogP contribution in [-0.4, -0.2) is 59.0 Å². The van der Waals surface area contributed by atoms with Crippen LogP contribution in [0.15, 0.2) is 53.7 Å². The number of amides is 1. The van der Waals surface area contributed by atoms with E-state index in [1.807, 2.05) is 47.9 Å². The molecular weight excluding hydrogens is 512 g/mol. The third-order valence-electron chi connectivity index (χ3n) is 5.22. The standard InChI is InChI=1S/C23H25ClN4O5S2/c1-2-32-19-7-9-20(10-8-19)33-13-21-26-27-23(28(21)18-5-3-16(24)4-6-18)34-14-22(29)25-17-11-12-35(30,31)15-17/h3-10,17H,2,11-15H2,1H3,(H,25,29)/t17-/m0/s1. The number of nitrogens with zero attached hydrogens (tertiary/aromatic N) is 3. The molecule has 0 aliphatic carbocycles. The SMILES string of the molecule is CCOc1ccc(OCc2nnc(SCC(=O)N[C@H]3CCS(=O)(=O)C3)n2-c2ccc(Cl)cc2)cc1. The maximum atomic E-state index is 12.4. The van der Waals surface area contributed by atoms with Crippen molar-refractivity contribution < 1.29 is 22.7 Å². The zero-order valence-corrected chi connectivity index (χ0v) is 21.4. The molecule has 1 amide bonds. The van der Waals surface area contributed by atoms with Crippen LogP contribution in [-0.2, 0) is 21.2 Å². The Morgan fingerprint density at radius 1 is 1.11 bits per heavy atom. The van der Waals surface area contributed by atoms with E-state index >= 15 is 0 Å². The maximum absolute atomic E-state index is 12.4. The normalized spacial score (nSPS) is 16.7. The van der Waals surface area contributed by atoms with Gasteiger partial charge in [-0.2, -0.15) is 0 Å². The van der Waals surface area contributed by atoms with Crippen LogP contribution in [0.1, 0.15) is 19.2 Å². The van der Waals surface area contributed by atoms with Crippen LogP contribution in [0.25, 0.3) is 5.69 Å². The molecule has 2 heterocycles. The van der Waals surface area contributed by atoms with Crippen LogP contribution in [0.3, 0.4) is 0 Å². The average molecular weight is 537 g/mol. The summed E-state index contributed by atoms with van der Waals surface area (Å²) < 4.78 is 36.4. The molecule has 0 spiro atoms. The van der Waals surface area contributed by atoms with Gasteiger partial charge in [0.25, 0.3) is 0 Å². The van der Waals surface area contributed by atoms with Crippen molar-refractivity contribution in [2.45, 2.75) is 31.1 Å². The second-order valence-corrected chi connectivity index (χ2v) is 11.5. The van der Waals surface area contributed by atoms with Crippen molar-refractivity contribution in [3.63, 3.8) is 0 Å². The summed E-state index contributed by atoms with van der Waals surface area (Å²) in [7, 11) is -3.07. The molecule has 1 aliphatic rings. The van der Waals surface area contributed by atoms with Crippen molar-refractivity contribution in [3.8, 4) is 17.2 Å². The van der Waals surface area contributed by atoms with Gasteiger partial charge in [0.2, 0.25) is 5.91 Å². The minimum Gasteiger partial charge on any atom is -0.494 e. The van der Waals surface area contributed by atoms with Crippen LogP contribution >= 0.6 is 23.4 Å². The van der Waals surface area contributed by atoms with E-state index in [0.717, 1.165) is 11.4 Å². The van der Waals surface area contributed by atoms with Crippen molar-refractivity contribution in [2.75, 3.05) is 23.9 Å². The van der Waals surface area contributed by atoms with E-state index in [4.69, 9.17) is 21.1 Å². The summed E-state index contributed by atoms with van der Waals surface area (Å²) in [6, 6.07) is 14.1. The summed E-state index contributed by atoms with van der Waals surface area (Å²) in [6.07, 6.45) is 0.437. The monoisotopic (exact) mass is 536 g/mol. The fourth-order valence-electron chi connectivity index (χ4n) is 3.59. The highest BCUT2D eigenvalue weighted by molar-refractivity contribution is 7.99. The first-order valence-electron chi connectivity index (χ1n) is 11.0. The average Bonchev–Trinajstić information content (AvgIpc) is 3.40. The fourth-order valence-corrected chi connectivity index (χ4v) is 6.17. The van der Waals surface area contributed by atoms with Crippen molar-refractivity contribution >= 4 is 39.1 Å². The number of carbonyl (C=O) groups excluding carboxylic acids is 1. The van der Waals surface area contributed by atoms with E-state index in [9.17, 15) is 13.2 Å². The number of benzene rings is 2. The van der Waals surface area contributed by atoms with Crippen molar-refractivity contribution in [1.82, 2.24) is 20.1 Å². The second-order valence-electron chi connectivity index (χ2n) is 7.86. The van der Waals surface area contributed by atoms with Gasteiger partial charge in [-0.3, -0.25) is 9.36 Å². The number of aromatic nitrogens is 3. The molecule has 3 aromatic rings. The lowest BCUT2D eigenvalue weighted by atomic mass is 10.3. The van der Waals surface area contributed by atoms with E-state index in [1.165, 1.54) is 11.8 Å². The summed E-state index contributed by atoms with van der Waals surface area (Å²) in [6.45, 7) is 2.66. The van der Waals surface area contributed by atoms with Gasteiger partial charge in [-0.15, -0.1) is 10.2 Å². The molecule has 1 aliphatic heterocycles. The Hall–Kier alpha value is -2.76. The van der Waals surface area contributed by atoms with E-state index < -0.39 is 9.84 Å². The minimum absolute atomic E-state index is 0.0165. The summed E-state index contributed by atoms with van der Waals surface area (Å²) >= 11 is 7.27. The molecule has 12 heteroatoms. The molecule has 0 radical (unpaired) electrons. The van der Waals surface area contributed by atoms with E-state index in [0.29, 0.717) is 34.8 Å². The zero-order chi connectivity index (χ0) is 24.8. The first-order valence-corrected chi connectivity index (χ1v) is 14.2. The third-order valence-corrected chi connectivity index (χ3v) is 8.17. The highest BCUT2D eigenvalue weighted by Gasteiger charge is 2.29. The number of halogens is 1. The molecule has 4 rings (SSSR count). The lowest BCUT2D eigenvalue weighted by Crippen LogP contribution is -2.36. The number of carbonyl (C=O) groups is 1. The smallest absolute Gasteiger partial charge is 0.230 e. The van der Waals surface area contributed by atoms with Gasteiger partial charge in [0.1, 0.15) is 18.1 Å². The molecule has 0 bridgehead atoms. The Morgan fingerprint density at radius 3 is 2.43 bits per heavy atom. The first kappa shape index (κ1) is 25.3. The van der Waals surface area contributed by atoms with Crippen LogP contribution in [0.5, 0.6) is 11.5 Å². The van der Waals surface area contributed by atoms with Crippen molar-refractivity contribution in [3.05, 3.63) is 59.4 Å². The number of sulfone groups is 1. The molecule has 0 unspecified atom stereocenters. The molecule has 1 saturated heterocycles. The summed E-state index contributed by atoms with van der Waals surface area (Å²) in [5.74, 6) is 1.86. The second kappa shape index (κ2) is 11.3. The van der Waals surface area contributed by atoms with Gasteiger partial charge >= 0.3 is 0 Å². The van der Waals surface area contributed by atoms with Gasteiger partial charge in [0.15, 0.2) is 20.8 Å². The minimum atomic E-state index is -3.07. The van der Waals surface area contributed by atoms with E-state index in [2.05, 4.69) is 15.5 Å². The van der Waals surface area contributed by atoms with Gasteiger partial charge in [-0.05, 0) is 61.9 Å². The number of thioether (sulfide) groups is 1. The summed E-state index contributed by atoms with van der Waals surface area (Å²) in [5.41, 5.74) is 0.773. The Labute approximate surface area is 213 Å². The number of hydrogen-bond donors (Lipinski definition) is 1. The maximum Gasteiger partial charge on any atom is 0.230 e. The molecule has 2 aromatic carbocycles. The van der Waals surface area contributed by atoms with Gasteiger partial charge in [-0.25, -0.2) is 8.42 Å². The molecule has 0 saturated carbocycles. The summed E-state index contributed by atoms with van der Waals surface area (Å²) in [4.78, 5) is 12.4. The lowest BCUT2D eigenvalue weighted by molar-refractivity contribution is -0.119. The van der Waals surface area contributed by atoms with E-state index in [1.54, 1.807) is 12.1 Å². The quantitative estimate of drug-likeness (QED) is 0.393. The Morgan fingerprint density at radius 2 is 1.80 bits per heavy atom. The van der Waals surface area contributed by atoms with Crippen molar-refractivity contribution in [1.29, 1.82) is 0 Å². The molecule has 9 nitrogen and oxygen atoms in total. The molecule has 186 valence electrons. The van der Waals surface area contributed by atoms with Gasteiger partial charge in [0, 0.05) is 16.8 Å². The van der Waals surface area contributed by atoms with Crippen LogP contribution in [0.4, 0.5) is 0 Å². The topological polar surface area (TPSA) is 112 Å². The molecule has 1 fully saturated rings. The van der Waals surface area contributed by atoms with Crippen molar-refractivity contribution in [2.24, 2.45) is 0 Å². The molecule has 1 atom stereocenters. The highest BCUT2D eigenvalue weighted by atomic mass is 35.5. The number of ether oxygens (including phenoxy) is 2. The number of hydrogen-bond acceptors (Lipinski definition) is 8. The van der Waals surface area contributed by atoms with Crippen LogP contribution in [0.2, 0.25) is 5.02 Å². The third kappa shape index (κ3) is 6.89. The lowest BCUT2D eigenvalue weighted by Gasteiger charge is -2.13. The molecule has 1 aromatic heterocycles. The van der Waals surface area contributed by atoms with Crippen LogP contribution in [0, 0.1) is 0 Å². The predicted molar refractivity (Wildman–Crippen MR) is 134 cm³/mol. The molecule has 1 N–H and O–H groups in total. The van der Waals surface area contributed by atoms with Gasteiger partial charge in [-0.1, -0.05) is 23.4 Å². The van der Waals surface area contributed by atoms with Crippen LogP contribution < -0.4 is 14.8 Å². The Balaban J connectivity index is 1.46. The molecular formula is C23H25ClN4O5S2. The summed E-state index contributed by atoms with van der Waals surface area (Å²) in [5, 5.41) is 12.4. The van der Waals surface area contributed by atoms with Gasteiger partial charge in [0.05, 0.1) is 23.9 Å². The predicted octanol–water partition coefficient (Wildman–Crippen LogP) is 3.29. The highest BCUT2D eigenvalue weighted by Crippen LogP contribution is 2.25. The molecule has 35 heavy (non-hydrogen) atoms. The first-order chi connectivity index (χ1) is 16.8. The fraction of sp³-hybridized carbons (Fsp3) is 0.348. The zero-order valence-electron chi connectivity index (χ0n) is 19.0. The largest absolute Gasteiger partial charge is 0.494 e. The van der Waals surface area contributed by atoms with E-state index in [-0.39, 0.29) is 35.8 Å². The Kier molecular flexibility index (Phi) is 8.19. The number of nitrogens with one attached hydrogen (secondary N) is 1. The number of rotatable bonds is 10. The Bertz CT molecular complexity index is 1260.